The van der Waals surface area contributed by atoms with Crippen molar-refractivity contribution < 1.29 is 15.0 Å². The first-order chi connectivity index (χ1) is 4.57. The second-order valence-corrected chi connectivity index (χ2v) is 3.39. The third-order valence-electron chi connectivity index (χ3n) is 1.21. The van der Waals surface area contributed by atoms with Gasteiger partial charge in [0.25, 0.3) is 0 Å². The van der Waals surface area contributed by atoms with Gasteiger partial charge in [-0.15, -0.1) is 0 Å². The van der Waals surface area contributed by atoms with E-state index in [4.69, 9.17) is 10.2 Å². The number of carboxylic acid groups (broad SMARTS) is 1. The zero-order chi connectivity index (χ0) is 8.15. The molecule has 0 heterocycles. The Kier molecular flexibility index (Phi) is 4.64. The Morgan fingerprint density at radius 2 is 2.20 bits per heavy atom. The fourth-order valence-corrected chi connectivity index (χ4v) is 0.864. The minimum atomic E-state index is -1.23. The van der Waals surface area contributed by atoms with Crippen molar-refractivity contribution in [2.45, 2.75) is 30.7 Å². The van der Waals surface area contributed by atoms with E-state index in [0.717, 1.165) is 6.42 Å². The minimum absolute atomic E-state index is 0.0959. The summed E-state index contributed by atoms with van der Waals surface area (Å²) >= 11 is 3.22. The fourth-order valence-electron chi connectivity index (χ4n) is 0.510. The number of aliphatic hydroxyl groups excluding tert-OH is 1. The molecule has 0 amide bonds. The Balaban J connectivity index is 3.56. The van der Waals surface area contributed by atoms with Crippen molar-refractivity contribution in [3.05, 3.63) is 0 Å². The zero-order valence-electron chi connectivity index (χ0n) is 5.75. The summed E-state index contributed by atoms with van der Waals surface area (Å²) in [6.07, 6.45) is -0.139. The highest BCUT2D eigenvalue weighted by Gasteiger charge is 2.16. The van der Waals surface area contributed by atoms with Crippen molar-refractivity contribution >= 4 is 21.9 Å². The third kappa shape index (κ3) is 3.85. The number of alkyl halides is 1. The summed E-state index contributed by atoms with van der Waals surface area (Å²) in [5.74, 6) is -1.15. The maximum Gasteiger partial charge on any atom is 0.332 e. The van der Waals surface area contributed by atoms with Crippen LogP contribution < -0.4 is 0 Å². The molecule has 0 bridgehead atoms. The van der Waals surface area contributed by atoms with Gasteiger partial charge in [-0.25, -0.2) is 4.79 Å². The lowest BCUT2D eigenvalue weighted by molar-refractivity contribution is -0.146. The predicted molar refractivity (Wildman–Crippen MR) is 41.3 cm³/mol. The normalized spacial score (nSPS) is 16.3. The lowest BCUT2D eigenvalue weighted by Crippen LogP contribution is -2.22. The Morgan fingerprint density at radius 3 is 2.50 bits per heavy atom. The average molecular weight is 211 g/mol. The SMILES string of the molecule is CCC(Br)C[C@@H](O)C(=O)O. The van der Waals surface area contributed by atoms with E-state index in [-0.39, 0.29) is 11.2 Å². The van der Waals surface area contributed by atoms with Crippen LogP contribution in [-0.4, -0.2) is 27.1 Å². The van der Waals surface area contributed by atoms with Crippen LogP contribution in [0.3, 0.4) is 0 Å². The van der Waals surface area contributed by atoms with Crippen LogP contribution in [0.4, 0.5) is 0 Å². The van der Waals surface area contributed by atoms with Crippen LogP contribution in [0.5, 0.6) is 0 Å². The van der Waals surface area contributed by atoms with Crippen molar-refractivity contribution in [3.8, 4) is 0 Å². The Hall–Kier alpha value is -0.0900. The lowest BCUT2D eigenvalue weighted by Gasteiger charge is -2.08. The topological polar surface area (TPSA) is 57.5 Å². The van der Waals surface area contributed by atoms with Crippen molar-refractivity contribution in [3.63, 3.8) is 0 Å². The summed E-state index contributed by atoms with van der Waals surface area (Å²) in [5.41, 5.74) is 0. The average Bonchev–Trinajstić information content (AvgIpc) is 1.87. The molecule has 0 aliphatic rings. The molecule has 0 saturated carbocycles. The molecule has 0 saturated heterocycles. The van der Waals surface area contributed by atoms with E-state index >= 15 is 0 Å². The number of aliphatic carboxylic acids is 1. The number of carboxylic acids is 1. The first-order valence-electron chi connectivity index (χ1n) is 3.12. The predicted octanol–water partition coefficient (Wildman–Crippen LogP) is 0.995. The molecule has 0 spiro atoms. The summed E-state index contributed by atoms with van der Waals surface area (Å²) < 4.78 is 0. The third-order valence-corrected chi connectivity index (χ3v) is 2.23. The largest absolute Gasteiger partial charge is 0.479 e. The van der Waals surface area contributed by atoms with Crippen LogP contribution in [0, 0.1) is 0 Å². The highest BCUT2D eigenvalue weighted by atomic mass is 79.9. The van der Waals surface area contributed by atoms with Crippen LogP contribution >= 0.6 is 15.9 Å². The molecule has 0 rings (SSSR count). The summed E-state index contributed by atoms with van der Waals surface area (Å²) in [4.78, 5) is 10.2. The summed E-state index contributed by atoms with van der Waals surface area (Å²) in [6, 6.07) is 0. The van der Waals surface area contributed by atoms with Crippen molar-refractivity contribution in [1.82, 2.24) is 0 Å². The highest BCUT2D eigenvalue weighted by molar-refractivity contribution is 9.09. The minimum Gasteiger partial charge on any atom is -0.479 e. The molecule has 10 heavy (non-hydrogen) atoms. The van der Waals surface area contributed by atoms with Gasteiger partial charge >= 0.3 is 5.97 Å². The van der Waals surface area contributed by atoms with Crippen molar-refractivity contribution in [2.24, 2.45) is 0 Å². The summed E-state index contributed by atoms with van der Waals surface area (Å²) in [7, 11) is 0. The maximum absolute atomic E-state index is 10.1. The van der Waals surface area contributed by atoms with Crippen LogP contribution in [0.25, 0.3) is 0 Å². The smallest absolute Gasteiger partial charge is 0.332 e. The van der Waals surface area contributed by atoms with E-state index in [0.29, 0.717) is 0 Å². The van der Waals surface area contributed by atoms with Gasteiger partial charge in [0.2, 0.25) is 0 Å². The van der Waals surface area contributed by atoms with Gasteiger partial charge in [0.1, 0.15) is 0 Å². The molecule has 0 radical (unpaired) electrons. The molecule has 0 aromatic heterocycles. The standard InChI is InChI=1S/C6H11BrO3/c1-2-4(7)3-5(8)6(9)10/h4-5,8H,2-3H2,1H3,(H,9,10)/t4?,5-/m1/s1. The van der Waals surface area contributed by atoms with E-state index in [2.05, 4.69) is 15.9 Å². The van der Waals surface area contributed by atoms with Gasteiger partial charge in [-0.3, -0.25) is 0 Å². The van der Waals surface area contributed by atoms with Gasteiger partial charge in [-0.1, -0.05) is 22.9 Å². The zero-order valence-corrected chi connectivity index (χ0v) is 7.34. The monoisotopic (exact) mass is 210 g/mol. The number of rotatable bonds is 4. The molecule has 0 aliphatic carbocycles. The van der Waals surface area contributed by atoms with Crippen LogP contribution in [0.15, 0.2) is 0 Å². The molecule has 3 nitrogen and oxygen atoms in total. The molecule has 2 atom stereocenters. The Labute approximate surface area is 68.2 Å². The van der Waals surface area contributed by atoms with Gasteiger partial charge in [-0.2, -0.15) is 0 Å². The van der Waals surface area contributed by atoms with E-state index in [1.54, 1.807) is 0 Å². The van der Waals surface area contributed by atoms with E-state index < -0.39 is 12.1 Å². The van der Waals surface area contributed by atoms with Crippen molar-refractivity contribution in [1.29, 1.82) is 0 Å². The van der Waals surface area contributed by atoms with Gasteiger partial charge < -0.3 is 10.2 Å². The molecule has 60 valence electrons. The molecule has 4 heteroatoms. The van der Waals surface area contributed by atoms with E-state index in [1.165, 1.54) is 0 Å². The summed E-state index contributed by atoms with van der Waals surface area (Å²) in [6.45, 7) is 1.92. The van der Waals surface area contributed by atoms with Crippen LogP contribution in [-0.2, 0) is 4.79 Å². The first-order valence-corrected chi connectivity index (χ1v) is 4.04. The summed E-state index contributed by atoms with van der Waals surface area (Å²) in [5, 5.41) is 17.1. The van der Waals surface area contributed by atoms with Crippen LogP contribution in [0.2, 0.25) is 0 Å². The quantitative estimate of drug-likeness (QED) is 0.682. The highest BCUT2D eigenvalue weighted by Crippen LogP contribution is 2.11. The Bertz CT molecular complexity index is 116. The molecule has 2 N–H and O–H groups in total. The second kappa shape index (κ2) is 4.68. The lowest BCUT2D eigenvalue weighted by atomic mass is 10.2. The van der Waals surface area contributed by atoms with E-state index in [1.807, 2.05) is 6.92 Å². The van der Waals surface area contributed by atoms with Gasteiger partial charge in [0.15, 0.2) is 6.10 Å². The number of carbonyl (C=O) groups is 1. The Morgan fingerprint density at radius 1 is 1.70 bits per heavy atom. The fraction of sp³-hybridized carbons (Fsp3) is 0.833. The molecule has 0 aromatic carbocycles. The maximum atomic E-state index is 10.1. The van der Waals surface area contributed by atoms with Gasteiger partial charge in [0.05, 0.1) is 0 Å². The number of hydrogen-bond acceptors (Lipinski definition) is 2. The molecule has 0 aliphatic heterocycles. The number of aliphatic hydroxyl groups is 1. The molecular formula is C6H11BrO3. The molecule has 1 unspecified atom stereocenters. The van der Waals surface area contributed by atoms with Crippen molar-refractivity contribution in [2.75, 3.05) is 0 Å². The second-order valence-electron chi connectivity index (χ2n) is 2.10. The molecule has 0 fully saturated rings. The molecule has 0 aromatic rings. The van der Waals surface area contributed by atoms with Gasteiger partial charge in [0, 0.05) is 4.83 Å². The molecular weight excluding hydrogens is 200 g/mol. The number of halogens is 1. The van der Waals surface area contributed by atoms with Gasteiger partial charge in [-0.05, 0) is 12.8 Å². The first kappa shape index (κ1) is 9.91. The van der Waals surface area contributed by atoms with E-state index in [9.17, 15) is 4.79 Å². The number of hydrogen-bond donors (Lipinski definition) is 2. The van der Waals surface area contributed by atoms with Crippen LogP contribution in [0.1, 0.15) is 19.8 Å².